The van der Waals surface area contributed by atoms with Gasteiger partial charge in [0, 0.05) is 16.7 Å². The third-order valence-electron chi connectivity index (χ3n) is 3.24. The molecule has 0 radical (unpaired) electrons. The molecule has 110 valence electrons. The van der Waals surface area contributed by atoms with Crippen LogP contribution >= 0.6 is 11.8 Å². The molecule has 1 aliphatic rings. The summed E-state index contributed by atoms with van der Waals surface area (Å²) in [5.74, 6) is 2.03. The van der Waals surface area contributed by atoms with Crippen molar-refractivity contribution < 1.29 is 13.9 Å². The van der Waals surface area contributed by atoms with E-state index in [-0.39, 0.29) is 11.9 Å². The van der Waals surface area contributed by atoms with Crippen LogP contribution in [0.2, 0.25) is 0 Å². The zero-order valence-corrected chi connectivity index (χ0v) is 12.2. The molecule has 0 saturated heterocycles. The number of nitrogens with two attached hydrogens (primary N) is 1. The van der Waals surface area contributed by atoms with Crippen LogP contribution in [0, 0.1) is 5.82 Å². The van der Waals surface area contributed by atoms with Crippen LogP contribution in [0.1, 0.15) is 11.6 Å². The molecule has 21 heavy (non-hydrogen) atoms. The molecule has 2 aromatic carbocycles. The summed E-state index contributed by atoms with van der Waals surface area (Å²) in [4.78, 5) is 1.08. The lowest BCUT2D eigenvalue weighted by Crippen LogP contribution is -2.15. The molecule has 0 bridgehead atoms. The Labute approximate surface area is 127 Å². The minimum atomic E-state index is -0.245. The van der Waals surface area contributed by atoms with Crippen LogP contribution in [-0.2, 0) is 0 Å². The third-order valence-corrected chi connectivity index (χ3v) is 4.35. The zero-order chi connectivity index (χ0) is 14.7. The van der Waals surface area contributed by atoms with Gasteiger partial charge in [-0.3, -0.25) is 0 Å². The standard InChI is InChI=1S/C16H16FNO2S/c17-12-3-1-11(2-4-12)14(18)10-21-13-5-6-15-16(9-13)20-8-7-19-15/h1-6,9,14H,7-8,10,18H2. The lowest BCUT2D eigenvalue weighted by Gasteiger charge is -2.19. The van der Waals surface area contributed by atoms with Gasteiger partial charge < -0.3 is 15.2 Å². The molecule has 0 fully saturated rings. The minimum Gasteiger partial charge on any atom is -0.486 e. The van der Waals surface area contributed by atoms with Gasteiger partial charge in [0.25, 0.3) is 0 Å². The van der Waals surface area contributed by atoms with Gasteiger partial charge in [0.05, 0.1) is 0 Å². The highest BCUT2D eigenvalue weighted by Crippen LogP contribution is 2.35. The van der Waals surface area contributed by atoms with E-state index in [9.17, 15) is 4.39 Å². The number of hydrogen-bond acceptors (Lipinski definition) is 4. The highest BCUT2D eigenvalue weighted by molar-refractivity contribution is 7.99. The highest BCUT2D eigenvalue weighted by atomic mass is 32.2. The van der Waals surface area contributed by atoms with Crippen LogP contribution in [0.15, 0.2) is 47.4 Å². The number of rotatable bonds is 4. The molecule has 0 aromatic heterocycles. The number of hydrogen-bond donors (Lipinski definition) is 1. The average Bonchev–Trinajstić information content (AvgIpc) is 2.53. The van der Waals surface area contributed by atoms with Crippen molar-refractivity contribution in [2.45, 2.75) is 10.9 Å². The van der Waals surface area contributed by atoms with Crippen LogP contribution in [0.4, 0.5) is 4.39 Å². The Kier molecular flexibility index (Phi) is 4.31. The van der Waals surface area contributed by atoms with E-state index in [1.165, 1.54) is 12.1 Å². The summed E-state index contributed by atoms with van der Waals surface area (Å²) in [5, 5.41) is 0. The molecule has 1 atom stereocenters. The fraction of sp³-hybridized carbons (Fsp3) is 0.250. The molecule has 1 aliphatic heterocycles. The summed E-state index contributed by atoms with van der Waals surface area (Å²) in [6.07, 6.45) is 0. The first-order chi connectivity index (χ1) is 10.2. The predicted molar refractivity (Wildman–Crippen MR) is 81.5 cm³/mol. The first-order valence-corrected chi connectivity index (χ1v) is 7.74. The predicted octanol–water partition coefficient (Wildman–Crippen LogP) is 3.39. The summed E-state index contributed by atoms with van der Waals surface area (Å²) in [5.41, 5.74) is 7.06. The van der Waals surface area contributed by atoms with Gasteiger partial charge in [-0.2, -0.15) is 0 Å². The number of thioether (sulfide) groups is 1. The van der Waals surface area contributed by atoms with E-state index in [0.717, 1.165) is 22.0 Å². The van der Waals surface area contributed by atoms with Gasteiger partial charge in [-0.25, -0.2) is 4.39 Å². The van der Waals surface area contributed by atoms with Gasteiger partial charge in [0.1, 0.15) is 19.0 Å². The van der Waals surface area contributed by atoms with Gasteiger partial charge in [-0.1, -0.05) is 12.1 Å². The van der Waals surface area contributed by atoms with Crippen molar-refractivity contribution in [3.63, 3.8) is 0 Å². The Balaban J connectivity index is 1.63. The fourth-order valence-electron chi connectivity index (χ4n) is 2.11. The Morgan fingerprint density at radius 1 is 1.05 bits per heavy atom. The quantitative estimate of drug-likeness (QED) is 0.880. The van der Waals surface area contributed by atoms with E-state index in [4.69, 9.17) is 15.2 Å². The van der Waals surface area contributed by atoms with Crippen molar-refractivity contribution in [2.24, 2.45) is 5.73 Å². The monoisotopic (exact) mass is 305 g/mol. The van der Waals surface area contributed by atoms with Crippen molar-refractivity contribution in [3.05, 3.63) is 53.8 Å². The molecule has 3 rings (SSSR count). The minimum absolute atomic E-state index is 0.135. The fourth-order valence-corrected chi connectivity index (χ4v) is 3.02. The Morgan fingerprint density at radius 2 is 1.76 bits per heavy atom. The van der Waals surface area contributed by atoms with E-state index in [1.807, 2.05) is 18.2 Å². The van der Waals surface area contributed by atoms with Gasteiger partial charge in [0.15, 0.2) is 11.5 Å². The maximum Gasteiger partial charge on any atom is 0.162 e. The summed E-state index contributed by atoms with van der Waals surface area (Å²) < 4.78 is 23.9. The number of halogens is 1. The summed E-state index contributed by atoms with van der Waals surface area (Å²) in [6, 6.07) is 12.1. The van der Waals surface area contributed by atoms with Gasteiger partial charge in [0.2, 0.25) is 0 Å². The molecule has 1 heterocycles. The van der Waals surface area contributed by atoms with E-state index in [2.05, 4.69) is 0 Å². The largest absolute Gasteiger partial charge is 0.486 e. The van der Waals surface area contributed by atoms with Crippen LogP contribution in [-0.4, -0.2) is 19.0 Å². The Hall–Kier alpha value is -1.72. The normalized spacial score (nSPS) is 14.8. The molecule has 2 aromatic rings. The Morgan fingerprint density at radius 3 is 2.52 bits per heavy atom. The maximum atomic E-state index is 12.9. The van der Waals surface area contributed by atoms with Crippen molar-refractivity contribution in [1.82, 2.24) is 0 Å². The molecule has 1 unspecified atom stereocenters. The molecule has 2 N–H and O–H groups in total. The topological polar surface area (TPSA) is 44.5 Å². The second kappa shape index (κ2) is 6.37. The van der Waals surface area contributed by atoms with Crippen molar-refractivity contribution in [2.75, 3.05) is 19.0 Å². The highest BCUT2D eigenvalue weighted by Gasteiger charge is 2.13. The van der Waals surface area contributed by atoms with Crippen LogP contribution in [0.3, 0.4) is 0 Å². The SMILES string of the molecule is NC(CSc1ccc2c(c1)OCCO2)c1ccc(F)cc1. The van der Waals surface area contributed by atoms with E-state index >= 15 is 0 Å². The molecule has 3 nitrogen and oxygen atoms in total. The second-order valence-electron chi connectivity index (χ2n) is 4.77. The second-order valence-corrected chi connectivity index (χ2v) is 5.87. The smallest absolute Gasteiger partial charge is 0.162 e. The van der Waals surface area contributed by atoms with Gasteiger partial charge >= 0.3 is 0 Å². The van der Waals surface area contributed by atoms with Crippen molar-refractivity contribution in [1.29, 1.82) is 0 Å². The number of benzene rings is 2. The first-order valence-electron chi connectivity index (χ1n) is 6.76. The lowest BCUT2D eigenvalue weighted by molar-refractivity contribution is 0.171. The van der Waals surface area contributed by atoms with E-state index in [1.54, 1.807) is 23.9 Å². The molecule has 0 aliphatic carbocycles. The third kappa shape index (κ3) is 3.49. The molecule has 0 amide bonds. The molecule has 0 spiro atoms. The zero-order valence-electron chi connectivity index (χ0n) is 11.4. The molecular weight excluding hydrogens is 289 g/mol. The summed E-state index contributed by atoms with van der Waals surface area (Å²) >= 11 is 1.65. The number of ether oxygens (including phenoxy) is 2. The summed E-state index contributed by atoms with van der Waals surface area (Å²) in [6.45, 7) is 1.17. The van der Waals surface area contributed by atoms with Crippen molar-refractivity contribution in [3.8, 4) is 11.5 Å². The van der Waals surface area contributed by atoms with Gasteiger partial charge in [-0.05, 0) is 35.9 Å². The van der Waals surface area contributed by atoms with Gasteiger partial charge in [-0.15, -0.1) is 11.8 Å². The molecule has 5 heteroatoms. The van der Waals surface area contributed by atoms with Crippen LogP contribution in [0.25, 0.3) is 0 Å². The van der Waals surface area contributed by atoms with Crippen molar-refractivity contribution >= 4 is 11.8 Å². The number of fused-ring (bicyclic) bond motifs is 1. The van der Waals surface area contributed by atoms with E-state index < -0.39 is 0 Å². The van der Waals surface area contributed by atoms with E-state index in [0.29, 0.717) is 19.0 Å². The Bertz CT molecular complexity index is 618. The van der Waals surface area contributed by atoms with Crippen LogP contribution < -0.4 is 15.2 Å². The maximum absolute atomic E-state index is 12.9. The lowest BCUT2D eigenvalue weighted by atomic mass is 10.1. The summed E-state index contributed by atoms with van der Waals surface area (Å²) in [7, 11) is 0. The molecule has 0 saturated carbocycles. The average molecular weight is 305 g/mol. The van der Waals surface area contributed by atoms with Crippen LogP contribution in [0.5, 0.6) is 11.5 Å². The first kappa shape index (κ1) is 14.2. The molecular formula is C16H16FNO2S.